The number of methoxy groups -OCH3 is 2. The predicted molar refractivity (Wildman–Crippen MR) is 115 cm³/mol. The van der Waals surface area contributed by atoms with Gasteiger partial charge in [-0.15, -0.1) is 0 Å². The largest absolute Gasteiger partial charge is 0.480 e. The molecule has 3 aliphatic rings. The van der Waals surface area contributed by atoms with E-state index in [1.807, 2.05) is 6.20 Å². The maximum Gasteiger partial charge on any atom is 0.243 e. The first-order valence-electron chi connectivity index (χ1n) is 10.1. The molecule has 30 heavy (non-hydrogen) atoms. The number of pyridine rings is 1. The van der Waals surface area contributed by atoms with E-state index in [0.717, 1.165) is 54.9 Å². The van der Waals surface area contributed by atoms with E-state index < -0.39 is 10.0 Å². The molecular weight excluding hydrogens is 404 g/mol. The quantitative estimate of drug-likeness (QED) is 0.763. The zero-order chi connectivity index (χ0) is 21.5. The van der Waals surface area contributed by atoms with Gasteiger partial charge in [-0.2, -0.15) is 0 Å². The standard InChI is InChI=1S/C21H28N4O4S/c1-25-6-4-13-8-15(12-23-18(13)5-7-25)17-11-19(30(22,26)27)21(29-3)24-20(17)14-9-16(10-14)28-2/h4,11-12,14,16H,5-10H2,1-3H3,(H2,22,26,27)/t14-,16-. The van der Waals surface area contributed by atoms with Gasteiger partial charge in [0.15, 0.2) is 0 Å². The Balaban J connectivity index is 1.80. The molecule has 0 atom stereocenters. The number of hydrogen-bond donors (Lipinski definition) is 1. The first kappa shape index (κ1) is 21.2. The van der Waals surface area contributed by atoms with Gasteiger partial charge in [0.1, 0.15) is 4.90 Å². The Hall–Kier alpha value is -2.07. The van der Waals surface area contributed by atoms with Crippen molar-refractivity contribution < 1.29 is 17.9 Å². The van der Waals surface area contributed by atoms with E-state index in [-0.39, 0.29) is 22.8 Å². The summed E-state index contributed by atoms with van der Waals surface area (Å²) in [6.45, 7) is 1.84. The summed E-state index contributed by atoms with van der Waals surface area (Å²) in [4.78, 5) is 11.5. The number of likely N-dealkylation sites (N-methyl/N-ethyl adjacent to an activating group) is 1. The maximum atomic E-state index is 12.2. The monoisotopic (exact) mass is 432 g/mol. The maximum absolute atomic E-state index is 12.2. The van der Waals surface area contributed by atoms with Crippen molar-refractivity contribution in [3.8, 4) is 5.88 Å². The molecule has 3 heterocycles. The summed E-state index contributed by atoms with van der Waals surface area (Å²) < 4.78 is 35.1. The van der Waals surface area contributed by atoms with E-state index >= 15 is 0 Å². The molecule has 8 nitrogen and oxygen atoms in total. The van der Waals surface area contributed by atoms with Crippen LogP contribution in [0.1, 0.15) is 42.9 Å². The summed E-state index contributed by atoms with van der Waals surface area (Å²) in [5.74, 6) is 0.210. The molecule has 0 amide bonds. The van der Waals surface area contributed by atoms with Gasteiger partial charge in [0.25, 0.3) is 0 Å². The van der Waals surface area contributed by atoms with Crippen LogP contribution in [-0.4, -0.2) is 64.5 Å². The average Bonchev–Trinajstić information content (AvgIpc) is 2.87. The first-order chi connectivity index (χ1) is 14.3. The van der Waals surface area contributed by atoms with Gasteiger partial charge >= 0.3 is 0 Å². The second kappa shape index (κ2) is 8.22. The number of allylic oxidation sites excluding steroid dienone is 2. The van der Waals surface area contributed by atoms with Crippen LogP contribution in [0, 0.1) is 0 Å². The van der Waals surface area contributed by atoms with Crippen LogP contribution < -0.4 is 9.88 Å². The summed E-state index contributed by atoms with van der Waals surface area (Å²) in [5.41, 5.74) is 4.84. The van der Waals surface area contributed by atoms with Crippen molar-refractivity contribution in [2.75, 3.05) is 34.4 Å². The van der Waals surface area contributed by atoms with Gasteiger partial charge in [-0.1, -0.05) is 6.08 Å². The van der Waals surface area contributed by atoms with Crippen molar-refractivity contribution in [1.29, 1.82) is 0 Å². The van der Waals surface area contributed by atoms with Crippen LogP contribution in [0.2, 0.25) is 0 Å². The van der Waals surface area contributed by atoms with Crippen molar-refractivity contribution in [3.05, 3.63) is 35.2 Å². The first-order valence-corrected chi connectivity index (χ1v) is 11.6. The third-order valence-corrected chi connectivity index (χ3v) is 7.06. The van der Waals surface area contributed by atoms with Gasteiger partial charge in [0, 0.05) is 56.4 Å². The van der Waals surface area contributed by atoms with Crippen LogP contribution in [0.3, 0.4) is 0 Å². The van der Waals surface area contributed by atoms with Crippen LogP contribution in [-0.2, 0) is 14.8 Å². The molecule has 0 bridgehead atoms. The molecule has 0 saturated heterocycles. The molecule has 2 N–H and O–H groups in total. The summed E-state index contributed by atoms with van der Waals surface area (Å²) >= 11 is 0. The molecule has 0 unspecified atom stereocenters. The molecule has 1 aliphatic carbocycles. The third-order valence-electron chi connectivity index (χ3n) is 6.15. The molecular formula is C21H28N4O4S. The van der Waals surface area contributed by atoms with Gasteiger partial charge in [-0.05, 0) is 37.1 Å². The smallest absolute Gasteiger partial charge is 0.243 e. The van der Waals surface area contributed by atoms with Gasteiger partial charge < -0.3 is 14.4 Å². The van der Waals surface area contributed by atoms with Crippen LogP contribution in [0.25, 0.3) is 5.57 Å². The molecule has 2 aliphatic heterocycles. The second-order valence-electron chi connectivity index (χ2n) is 8.15. The van der Waals surface area contributed by atoms with E-state index in [9.17, 15) is 8.42 Å². The minimum atomic E-state index is -3.99. The molecule has 0 spiro atoms. The number of nitrogens with two attached hydrogens (primary N) is 1. The zero-order valence-electron chi connectivity index (χ0n) is 17.6. The van der Waals surface area contributed by atoms with Crippen LogP contribution >= 0.6 is 0 Å². The lowest BCUT2D eigenvalue weighted by Gasteiger charge is -2.35. The molecule has 162 valence electrons. The van der Waals surface area contributed by atoms with Crippen LogP contribution in [0.5, 0.6) is 5.88 Å². The number of hydrogen-bond acceptors (Lipinski definition) is 7. The van der Waals surface area contributed by atoms with E-state index in [2.05, 4.69) is 23.0 Å². The minimum absolute atomic E-state index is 0.0352. The Kier molecular flexibility index (Phi) is 5.80. The molecule has 9 heteroatoms. The van der Waals surface area contributed by atoms with Gasteiger partial charge in [0.05, 0.1) is 18.9 Å². The SMILES string of the molecule is COc1nc([C@H]2C[C@H](OC)C2)c(C2=CN=C3CCN(C)CC=C3C2)cc1S(N)(=O)=O. The summed E-state index contributed by atoms with van der Waals surface area (Å²) in [6, 6.07) is 1.60. The number of nitrogens with zero attached hydrogens (tertiary/aromatic N) is 3. The van der Waals surface area contributed by atoms with E-state index in [0.29, 0.717) is 6.42 Å². The fourth-order valence-electron chi connectivity index (χ4n) is 4.22. The molecule has 1 aromatic heterocycles. The highest BCUT2D eigenvalue weighted by Crippen LogP contribution is 2.44. The lowest BCUT2D eigenvalue weighted by Crippen LogP contribution is -2.30. The fourth-order valence-corrected chi connectivity index (χ4v) is 4.87. The summed E-state index contributed by atoms with van der Waals surface area (Å²) in [7, 11) is 1.22. The molecule has 0 radical (unpaired) electrons. The lowest BCUT2D eigenvalue weighted by atomic mass is 9.77. The second-order valence-corrected chi connectivity index (χ2v) is 9.68. The van der Waals surface area contributed by atoms with Gasteiger partial charge in [-0.3, -0.25) is 4.99 Å². The predicted octanol–water partition coefficient (Wildman–Crippen LogP) is 2.08. The number of ether oxygens (including phenoxy) is 2. The lowest BCUT2D eigenvalue weighted by molar-refractivity contribution is 0.0245. The van der Waals surface area contributed by atoms with Crippen LogP contribution in [0.15, 0.2) is 33.8 Å². The number of fused-ring (bicyclic) bond motifs is 1. The van der Waals surface area contributed by atoms with Crippen molar-refractivity contribution in [2.24, 2.45) is 10.1 Å². The summed E-state index contributed by atoms with van der Waals surface area (Å²) in [6.07, 6.45) is 7.52. The Morgan fingerprint density at radius 2 is 2.00 bits per heavy atom. The van der Waals surface area contributed by atoms with Gasteiger partial charge in [0.2, 0.25) is 15.9 Å². The molecule has 1 aromatic rings. The highest BCUT2D eigenvalue weighted by molar-refractivity contribution is 7.89. The van der Waals surface area contributed by atoms with Crippen molar-refractivity contribution in [1.82, 2.24) is 9.88 Å². The van der Waals surface area contributed by atoms with Gasteiger partial charge in [-0.25, -0.2) is 18.5 Å². The number of rotatable bonds is 5. The number of aliphatic imine (C=N–C) groups is 1. The third kappa shape index (κ3) is 4.07. The molecule has 1 saturated carbocycles. The normalized spacial score (nSPS) is 24.7. The van der Waals surface area contributed by atoms with Crippen LogP contribution in [0.4, 0.5) is 0 Å². The topological polar surface area (TPSA) is 107 Å². The Labute approximate surface area is 177 Å². The van der Waals surface area contributed by atoms with E-state index in [1.54, 1.807) is 13.2 Å². The number of primary sulfonamides is 1. The summed E-state index contributed by atoms with van der Waals surface area (Å²) in [5, 5.41) is 5.46. The molecule has 0 aromatic carbocycles. The Bertz CT molecular complexity index is 1040. The Morgan fingerprint density at radius 1 is 1.23 bits per heavy atom. The highest BCUT2D eigenvalue weighted by atomic mass is 32.2. The van der Waals surface area contributed by atoms with Crippen molar-refractivity contribution in [3.63, 3.8) is 0 Å². The van der Waals surface area contributed by atoms with E-state index in [1.165, 1.54) is 12.7 Å². The zero-order valence-corrected chi connectivity index (χ0v) is 18.4. The van der Waals surface area contributed by atoms with E-state index in [4.69, 9.17) is 19.6 Å². The minimum Gasteiger partial charge on any atom is -0.480 e. The number of aromatic nitrogens is 1. The average molecular weight is 433 g/mol. The highest BCUT2D eigenvalue weighted by Gasteiger charge is 2.35. The number of sulfonamides is 1. The molecule has 1 fully saturated rings. The molecule has 4 rings (SSSR count). The Morgan fingerprint density at radius 3 is 2.67 bits per heavy atom. The fraction of sp³-hybridized carbons (Fsp3) is 0.524. The van der Waals surface area contributed by atoms with Crippen molar-refractivity contribution in [2.45, 2.75) is 42.6 Å². The van der Waals surface area contributed by atoms with Crippen molar-refractivity contribution >= 4 is 21.3 Å².